The molecule has 0 atom stereocenters. The Morgan fingerprint density at radius 3 is 2.62 bits per heavy atom. The predicted molar refractivity (Wildman–Crippen MR) is 92.9 cm³/mol. The number of carbonyl (C=O) groups is 1. The lowest BCUT2D eigenvalue weighted by molar-refractivity contribution is 0.0989. The van der Waals surface area contributed by atoms with Crippen molar-refractivity contribution >= 4 is 51.8 Å². The third kappa shape index (κ3) is 2.97. The second-order valence-corrected chi connectivity index (χ2v) is 5.07. The molecule has 0 unspecified atom stereocenters. The largest absolute Gasteiger partial charge is 0.295 e. The molecule has 0 fully saturated rings. The van der Waals surface area contributed by atoms with E-state index in [-0.39, 0.29) is 5.91 Å². The molecule has 2 aromatic carbocycles. The molecule has 0 radical (unpaired) electrons. The van der Waals surface area contributed by atoms with E-state index in [1.54, 1.807) is 12.1 Å². The van der Waals surface area contributed by atoms with Crippen molar-refractivity contribution in [3.05, 3.63) is 65.4 Å². The number of fused-ring (bicyclic) bond motifs is 1. The number of carbonyl (C=O) groups excluding carboxylic acids is 1. The zero-order chi connectivity index (χ0) is 14.7. The summed E-state index contributed by atoms with van der Waals surface area (Å²) in [5.74, 6) is -0.0931. The number of aromatic nitrogens is 2. The Morgan fingerprint density at radius 1 is 1.10 bits per heavy atom. The summed E-state index contributed by atoms with van der Waals surface area (Å²) in [7, 11) is 0. The number of H-pyrrole nitrogens is 1. The maximum Gasteiger partial charge on any atom is 0.259 e. The number of para-hydroxylation sites is 1. The molecule has 0 aliphatic heterocycles. The van der Waals surface area contributed by atoms with Crippen LogP contribution in [0.25, 0.3) is 23.1 Å². The van der Waals surface area contributed by atoms with Gasteiger partial charge in [-0.3, -0.25) is 13.4 Å². The molecule has 1 heterocycles. The smallest absolute Gasteiger partial charge is 0.259 e. The van der Waals surface area contributed by atoms with Crippen molar-refractivity contribution < 1.29 is 4.79 Å². The quantitative estimate of drug-likeness (QED) is 0.529. The lowest BCUT2D eigenvalue weighted by atomic mass is 10.1. The van der Waals surface area contributed by atoms with Crippen molar-refractivity contribution in [2.75, 3.05) is 0 Å². The number of aromatic amines is 1. The minimum atomic E-state index is -0.0931. The molecular formula is C16H12IN3O. The Labute approximate surface area is 135 Å². The van der Waals surface area contributed by atoms with Crippen LogP contribution in [0.4, 0.5) is 0 Å². The van der Waals surface area contributed by atoms with Crippen molar-refractivity contribution in [2.45, 2.75) is 0 Å². The Kier molecular flexibility index (Phi) is 4.01. The molecule has 1 aromatic heterocycles. The van der Waals surface area contributed by atoms with E-state index in [0.29, 0.717) is 5.56 Å². The van der Waals surface area contributed by atoms with Gasteiger partial charge in [0, 0.05) is 10.9 Å². The van der Waals surface area contributed by atoms with Gasteiger partial charge in [-0.2, -0.15) is 5.10 Å². The van der Waals surface area contributed by atoms with E-state index in [2.05, 4.69) is 13.7 Å². The first-order valence-electron chi connectivity index (χ1n) is 6.40. The van der Waals surface area contributed by atoms with Gasteiger partial charge in [0.15, 0.2) is 0 Å². The molecule has 3 rings (SSSR count). The van der Waals surface area contributed by atoms with Crippen molar-refractivity contribution in [3.8, 4) is 0 Å². The Morgan fingerprint density at radius 2 is 1.86 bits per heavy atom. The SMILES string of the molecule is O=C(NI)c1ccc(/C=C/c2n[nH]c3ccccc23)cc1. The Balaban J connectivity index is 1.84. The summed E-state index contributed by atoms with van der Waals surface area (Å²) >= 11 is 1.83. The fourth-order valence-electron chi connectivity index (χ4n) is 2.09. The molecule has 1 amide bonds. The lowest BCUT2D eigenvalue weighted by Gasteiger charge is -1.98. The van der Waals surface area contributed by atoms with Gasteiger partial charge in [0.2, 0.25) is 0 Å². The van der Waals surface area contributed by atoms with E-state index in [9.17, 15) is 4.79 Å². The molecule has 2 N–H and O–H groups in total. The molecule has 0 saturated heterocycles. The average Bonchev–Trinajstić information content (AvgIpc) is 2.96. The van der Waals surface area contributed by atoms with Gasteiger partial charge in [0.1, 0.15) is 0 Å². The van der Waals surface area contributed by atoms with Crippen LogP contribution in [-0.4, -0.2) is 16.1 Å². The van der Waals surface area contributed by atoms with E-state index in [0.717, 1.165) is 22.2 Å². The van der Waals surface area contributed by atoms with Gasteiger partial charge < -0.3 is 0 Å². The first-order chi connectivity index (χ1) is 10.3. The summed E-state index contributed by atoms with van der Waals surface area (Å²) in [6.45, 7) is 0. The number of hydrogen-bond acceptors (Lipinski definition) is 2. The van der Waals surface area contributed by atoms with Crippen LogP contribution < -0.4 is 3.53 Å². The minimum absolute atomic E-state index is 0.0931. The van der Waals surface area contributed by atoms with Crippen LogP contribution in [0.15, 0.2) is 48.5 Å². The van der Waals surface area contributed by atoms with Crippen molar-refractivity contribution in [2.24, 2.45) is 0 Å². The third-order valence-electron chi connectivity index (χ3n) is 3.19. The van der Waals surface area contributed by atoms with Gasteiger partial charge in [-0.05, 0) is 29.8 Å². The second kappa shape index (κ2) is 6.09. The zero-order valence-corrected chi connectivity index (χ0v) is 13.2. The van der Waals surface area contributed by atoms with Crippen LogP contribution >= 0.6 is 22.9 Å². The summed E-state index contributed by atoms with van der Waals surface area (Å²) in [5, 5.41) is 8.39. The first kappa shape index (κ1) is 13.8. The van der Waals surface area contributed by atoms with E-state index < -0.39 is 0 Å². The van der Waals surface area contributed by atoms with Gasteiger partial charge in [-0.15, -0.1) is 0 Å². The molecule has 0 aliphatic rings. The molecule has 3 aromatic rings. The standard InChI is InChI=1S/C16H12IN3O/c17-18-16(21)12-8-5-11(6-9-12)7-10-15-13-3-1-2-4-14(13)19-20-15/h1-10H,(H,18,21)(H,19,20)/b10-7+. The van der Waals surface area contributed by atoms with Crippen LogP contribution in [-0.2, 0) is 0 Å². The third-order valence-corrected chi connectivity index (χ3v) is 3.68. The molecule has 0 spiro atoms. The Bertz CT molecular complexity index is 806. The Hall–Kier alpha value is -2.15. The molecule has 5 heteroatoms. The molecule has 0 bridgehead atoms. The number of nitrogens with zero attached hydrogens (tertiary/aromatic N) is 1. The predicted octanol–water partition coefficient (Wildman–Crippen LogP) is 3.81. The van der Waals surface area contributed by atoms with Crippen LogP contribution in [0, 0.1) is 0 Å². The highest BCUT2D eigenvalue weighted by Gasteiger charge is 2.03. The van der Waals surface area contributed by atoms with E-state index in [4.69, 9.17) is 0 Å². The molecule has 21 heavy (non-hydrogen) atoms. The summed E-state index contributed by atoms with van der Waals surface area (Å²) in [4.78, 5) is 11.5. The van der Waals surface area contributed by atoms with Gasteiger partial charge in [0.25, 0.3) is 5.91 Å². The van der Waals surface area contributed by atoms with Gasteiger partial charge in [0.05, 0.1) is 34.1 Å². The highest BCUT2D eigenvalue weighted by atomic mass is 127. The van der Waals surface area contributed by atoms with Crippen molar-refractivity contribution in [1.29, 1.82) is 0 Å². The van der Waals surface area contributed by atoms with Gasteiger partial charge in [-0.25, -0.2) is 0 Å². The number of halogens is 1. The number of hydrogen-bond donors (Lipinski definition) is 2. The first-order valence-corrected chi connectivity index (χ1v) is 7.48. The number of nitrogens with one attached hydrogen (secondary N) is 2. The van der Waals surface area contributed by atoms with E-state index >= 15 is 0 Å². The fourth-order valence-corrected chi connectivity index (χ4v) is 2.40. The number of amides is 1. The molecule has 0 saturated carbocycles. The summed E-state index contributed by atoms with van der Waals surface area (Å²) in [6, 6.07) is 15.4. The highest BCUT2D eigenvalue weighted by Crippen LogP contribution is 2.17. The second-order valence-electron chi connectivity index (χ2n) is 4.53. The van der Waals surface area contributed by atoms with Crippen molar-refractivity contribution in [1.82, 2.24) is 13.7 Å². The summed E-state index contributed by atoms with van der Waals surface area (Å²) in [5.41, 5.74) is 3.59. The van der Waals surface area contributed by atoms with Crippen LogP contribution in [0.1, 0.15) is 21.6 Å². The van der Waals surface area contributed by atoms with Crippen LogP contribution in [0.5, 0.6) is 0 Å². The number of benzene rings is 2. The topological polar surface area (TPSA) is 57.8 Å². The number of rotatable bonds is 3. The van der Waals surface area contributed by atoms with Gasteiger partial charge >= 0.3 is 0 Å². The minimum Gasteiger partial charge on any atom is -0.295 e. The van der Waals surface area contributed by atoms with E-state index in [1.165, 1.54) is 0 Å². The lowest BCUT2D eigenvalue weighted by Crippen LogP contribution is -2.11. The highest BCUT2D eigenvalue weighted by molar-refractivity contribution is 14.1. The maximum atomic E-state index is 11.5. The zero-order valence-electron chi connectivity index (χ0n) is 11.0. The molecule has 104 valence electrons. The monoisotopic (exact) mass is 389 g/mol. The maximum absolute atomic E-state index is 11.5. The molecule has 0 aliphatic carbocycles. The van der Waals surface area contributed by atoms with Gasteiger partial charge in [-0.1, -0.05) is 36.4 Å². The van der Waals surface area contributed by atoms with Crippen LogP contribution in [0.3, 0.4) is 0 Å². The summed E-state index contributed by atoms with van der Waals surface area (Å²) < 4.78 is 2.57. The summed E-state index contributed by atoms with van der Waals surface area (Å²) in [6.07, 6.45) is 3.95. The van der Waals surface area contributed by atoms with Crippen LogP contribution in [0.2, 0.25) is 0 Å². The molecular weight excluding hydrogens is 377 g/mol. The normalized spacial score (nSPS) is 11.1. The fraction of sp³-hybridized carbons (Fsp3) is 0. The van der Waals surface area contributed by atoms with Crippen molar-refractivity contribution in [3.63, 3.8) is 0 Å². The molecule has 4 nitrogen and oxygen atoms in total. The average molecular weight is 389 g/mol. The van der Waals surface area contributed by atoms with E-state index in [1.807, 2.05) is 71.4 Å².